The first-order chi connectivity index (χ1) is 42.2. The van der Waals surface area contributed by atoms with Crippen molar-refractivity contribution in [2.45, 2.75) is 349 Å². The molecule has 8 rings (SSSR count). The van der Waals surface area contributed by atoms with Crippen molar-refractivity contribution in [1.82, 2.24) is 0 Å². The molecule has 2 nitrogen and oxygen atoms in total. The van der Waals surface area contributed by atoms with Gasteiger partial charge in [-0.25, -0.2) is 0 Å². The van der Waals surface area contributed by atoms with Crippen LogP contribution in [-0.4, -0.2) is 11.6 Å². The van der Waals surface area contributed by atoms with Gasteiger partial charge >= 0.3 is 0 Å². The second-order valence-electron chi connectivity index (χ2n) is 29.6. The summed E-state index contributed by atoms with van der Waals surface area (Å²) < 4.78 is 2.81. The first-order valence-corrected chi connectivity index (χ1v) is 41.2. The van der Waals surface area contributed by atoms with Gasteiger partial charge in [0.05, 0.1) is 11.8 Å². The van der Waals surface area contributed by atoms with Gasteiger partial charge in [0.1, 0.15) is 11.6 Å². The maximum Gasteiger partial charge on any atom is 0.144 e. The Morgan fingerprint density at radius 3 is 1.06 bits per heavy atom. The molecule has 4 aromatic heterocycles. The molecule has 0 bridgehead atoms. The molecule has 86 heavy (non-hydrogen) atoms. The quantitative estimate of drug-likeness (QED) is 0.0413. The van der Waals surface area contributed by atoms with E-state index >= 15 is 9.59 Å². The molecule has 12 atom stereocenters. The van der Waals surface area contributed by atoms with E-state index in [1.54, 1.807) is 0 Å². The fraction of sp³-hybridized carbons (Fsp3) is 0.800. The number of carbonyl (C=O) groups excluding carboxylic acids is 2. The number of carbonyl (C=O) groups is 2. The Bertz CT molecular complexity index is 2430. The minimum absolute atomic E-state index is 0.0238. The Hall–Kier alpha value is -1.60. The molecule has 4 aliphatic carbocycles. The number of fused-ring (bicyclic) bond motifs is 6. The highest BCUT2D eigenvalue weighted by Gasteiger charge is 2.62. The first-order valence-electron chi connectivity index (χ1n) is 37.9. The molecule has 0 saturated heterocycles. The van der Waals surface area contributed by atoms with E-state index in [9.17, 15) is 0 Å². The average Bonchev–Trinajstić information content (AvgIpc) is 1.54. The number of hydrogen-bond acceptors (Lipinski definition) is 6. The zero-order chi connectivity index (χ0) is 60.3. The van der Waals surface area contributed by atoms with E-state index in [1.165, 1.54) is 321 Å². The van der Waals surface area contributed by atoms with E-state index in [4.69, 9.17) is 0 Å². The Morgan fingerprint density at radius 2 is 0.698 bits per heavy atom. The highest BCUT2D eigenvalue weighted by Crippen LogP contribution is 2.65. The van der Waals surface area contributed by atoms with Gasteiger partial charge < -0.3 is 0 Å². The maximum absolute atomic E-state index is 16.0. The largest absolute Gasteiger partial charge is 0.299 e. The SMILES string of the molecule is CCCCCCCCCCCCC(CCCCCCCCCC)CC1CC2C(CC(CC(CCCCCCCCCC)CCCCCCCCCCCC)C3C(=O)C(c4ccc(-c5cc6sc(C)cc6s5)s4)CC23)C2CC(c3ccc(C)s3)C(=O)C12. The molecule has 4 fully saturated rings. The van der Waals surface area contributed by atoms with Crippen molar-refractivity contribution in [3.05, 3.63) is 55.9 Å². The number of hydrogen-bond donors (Lipinski definition) is 0. The second-order valence-corrected chi connectivity index (χ2v) is 34.4. The van der Waals surface area contributed by atoms with Crippen LogP contribution in [0.1, 0.15) is 354 Å². The predicted molar refractivity (Wildman–Crippen MR) is 382 cm³/mol. The Kier molecular flexibility index (Phi) is 31.9. The molecule has 0 amide bonds. The van der Waals surface area contributed by atoms with Crippen LogP contribution in [-0.2, 0) is 9.59 Å². The summed E-state index contributed by atoms with van der Waals surface area (Å²) in [4.78, 5) is 39.9. The summed E-state index contributed by atoms with van der Waals surface area (Å²) in [5.41, 5.74) is 0. The number of aryl methyl sites for hydroxylation is 2. The number of Topliss-reactive ketones (excluding diaryl/α,β-unsaturated/α-hetero) is 2. The molecule has 0 spiro atoms. The molecule has 0 aromatic carbocycles. The molecule has 4 heterocycles. The fourth-order valence-corrected chi connectivity index (χ4v) is 22.8. The standard InChI is InChI=1S/C80H128O2S4/c1-7-11-15-19-23-27-29-33-37-41-45-61(43-39-35-31-25-21-17-13-9-3)52-63-54-66-65(67-56-69(79(81)77(63)67)71-48-47-59(5)83-71)55-64(53-62(44-40-36-32-26-22-18-14-10-4)46-42-38-34-30-28-24-20-16-12-8-2)78-68(66)57-70(80(78)82)72-49-50-73(85-72)75-58-76-74(86-75)51-60(6)84-76/h47-51,58,61-70,77-78H,7-46,52-57H2,1-6H3. The topological polar surface area (TPSA) is 34.1 Å². The van der Waals surface area contributed by atoms with Crippen LogP contribution >= 0.6 is 45.3 Å². The van der Waals surface area contributed by atoms with Crippen LogP contribution < -0.4 is 0 Å². The lowest BCUT2D eigenvalue weighted by Gasteiger charge is -2.53. The van der Waals surface area contributed by atoms with Crippen molar-refractivity contribution in [3.63, 3.8) is 0 Å². The monoisotopic (exact) mass is 1250 g/mol. The third-order valence-corrected chi connectivity index (χ3v) is 27.6. The van der Waals surface area contributed by atoms with Crippen molar-refractivity contribution in [2.75, 3.05) is 0 Å². The van der Waals surface area contributed by atoms with Crippen molar-refractivity contribution in [1.29, 1.82) is 0 Å². The number of rotatable bonds is 47. The van der Waals surface area contributed by atoms with Gasteiger partial charge in [0.2, 0.25) is 0 Å². The van der Waals surface area contributed by atoms with Crippen LogP contribution in [0.3, 0.4) is 0 Å². The normalized spacial score (nSPS) is 24.5. The average molecular weight is 1250 g/mol. The van der Waals surface area contributed by atoms with Crippen LogP contribution in [0, 0.1) is 73.0 Å². The van der Waals surface area contributed by atoms with Gasteiger partial charge in [-0.05, 0) is 136 Å². The molecule has 0 N–H and O–H groups in total. The summed E-state index contributed by atoms with van der Waals surface area (Å²) in [5.74, 6) is 6.13. The molecule has 4 aliphatic rings. The van der Waals surface area contributed by atoms with E-state index in [-0.39, 0.29) is 23.7 Å². The van der Waals surface area contributed by atoms with E-state index in [0.29, 0.717) is 53.0 Å². The van der Waals surface area contributed by atoms with E-state index in [1.807, 2.05) is 45.3 Å². The Balaban J connectivity index is 1.05. The van der Waals surface area contributed by atoms with Gasteiger partial charge in [-0.2, -0.15) is 0 Å². The zero-order valence-corrected chi connectivity index (χ0v) is 59.6. The smallest absolute Gasteiger partial charge is 0.144 e. The highest BCUT2D eigenvalue weighted by atomic mass is 32.1. The second kappa shape index (κ2) is 39.1. The molecule has 12 unspecified atom stereocenters. The molecule has 484 valence electrons. The molecular formula is C80H128O2S4. The first kappa shape index (κ1) is 70.3. The van der Waals surface area contributed by atoms with Crippen LogP contribution in [0.4, 0.5) is 0 Å². The Labute approximate surface area is 545 Å². The summed E-state index contributed by atoms with van der Waals surface area (Å²) in [6.07, 6.45) is 62.4. The lowest BCUT2D eigenvalue weighted by molar-refractivity contribution is -0.135. The van der Waals surface area contributed by atoms with Gasteiger partial charge in [-0.15, -0.1) is 45.3 Å². The van der Waals surface area contributed by atoms with Crippen LogP contribution in [0.15, 0.2) is 36.4 Å². The molecule has 4 aromatic rings. The molecule has 6 heteroatoms. The molecule has 4 saturated carbocycles. The lowest BCUT2D eigenvalue weighted by Crippen LogP contribution is -2.49. The van der Waals surface area contributed by atoms with Gasteiger partial charge in [-0.1, -0.05) is 285 Å². The summed E-state index contributed by atoms with van der Waals surface area (Å²) in [7, 11) is 0. The highest BCUT2D eigenvalue weighted by molar-refractivity contribution is 7.31. The summed E-state index contributed by atoms with van der Waals surface area (Å²) in [6, 6.07) is 14.2. The summed E-state index contributed by atoms with van der Waals surface area (Å²) in [5, 5.41) is 0. The number of thiophene rings is 4. The van der Waals surface area contributed by atoms with Crippen LogP contribution in [0.5, 0.6) is 0 Å². The minimum atomic E-state index is 0.0238. The van der Waals surface area contributed by atoms with Crippen LogP contribution in [0.2, 0.25) is 0 Å². The zero-order valence-electron chi connectivity index (χ0n) is 56.4. The molecule has 0 radical (unpaired) electrons. The molecular weight excluding hydrogens is 1120 g/mol. The summed E-state index contributed by atoms with van der Waals surface area (Å²) in [6.45, 7) is 13.8. The lowest BCUT2D eigenvalue weighted by atomic mass is 9.50. The van der Waals surface area contributed by atoms with Gasteiger partial charge in [0.15, 0.2) is 0 Å². The Morgan fingerprint density at radius 1 is 0.349 bits per heavy atom. The minimum Gasteiger partial charge on any atom is -0.299 e. The number of ketones is 2. The van der Waals surface area contributed by atoms with Gasteiger partial charge in [0.25, 0.3) is 0 Å². The number of unbranched alkanes of at least 4 members (excludes halogenated alkanes) is 32. The van der Waals surface area contributed by atoms with Crippen molar-refractivity contribution >= 4 is 66.3 Å². The third kappa shape index (κ3) is 21.2. The van der Waals surface area contributed by atoms with E-state index in [2.05, 4.69) is 77.9 Å². The predicted octanol–water partition coefficient (Wildman–Crippen LogP) is 27.6. The van der Waals surface area contributed by atoms with Gasteiger partial charge in [0, 0.05) is 50.5 Å². The van der Waals surface area contributed by atoms with Crippen LogP contribution in [0.25, 0.3) is 19.2 Å². The summed E-state index contributed by atoms with van der Waals surface area (Å²) >= 11 is 7.73. The van der Waals surface area contributed by atoms with E-state index in [0.717, 1.165) is 18.8 Å². The van der Waals surface area contributed by atoms with Gasteiger partial charge in [-0.3, -0.25) is 9.59 Å². The van der Waals surface area contributed by atoms with E-state index < -0.39 is 0 Å². The maximum atomic E-state index is 16.0. The van der Waals surface area contributed by atoms with Crippen molar-refractivity contribution in [3.8, 4) is 9.75 Å². The molecule has 0 aliphatic heterocycles. The van der Waals surface area contributed by atoms with Crippen molar-refractivity contribution in [2.24, 2.45) is 59.2 Å². The van der Waals surface area contributed by atoms with Crippen molar-refractivity contribution < 1.29 is 9.59 Å². The fourth-order valence-electron chi connectivity index (χ4n) is 18.3. The third-order valence-electron chi connectivity index (χ3n) is 22.9.